The van der Waals surface area contributed by atoms with Crippen LogP contribution < -0.4 is 4.90 Å². The monoisotopic (exact) mass is 423 g/mol. The second-order valence-corrected chi connectivity index (χ2v) is 7.34. The fraction of sp³-hybridized carbons (Fsp3) is 0.167. The van der Waals surface area contributed by atoms with Crippen LogP contribution in [0.1, 0.15) is 27.9 Å². The van der Waals surface area contributed by atoms with Crippen LogP contribution in [-0.2, 0) is 16.0 Å². The van der Waals surface area contributed by atoms with Gasteiger partial charge < -0.3 is 9.84 Å². The second-order valence-electron chi connectivity index (χ2n) is 7.34. The first kappa shape index (κ1) is 20.5. The first-order valence-electron chi connectivity index (χ1n) is 9.63. The average molecular weight is 423 g/mol. The molecule has 0 radical (unpaired) electrons. The number of rotatable bonds is 3. The number of carbonyl (C=O) groups is 2. The molecule has 4 rings (SSSR count). The maximum atomic E-state index is 14.5. The highest BCUT2D eigenvalue weighted by atomic mass is 19.1. The van der Waals surface area contributed by atoms with Crippen molar-refractivity contribution in [3.05, 3.63) is 76.9 Å². The van der Waals surface area contributed by atoms with Gasteiger partial charge in [0, 0.05) is 24.1 Å². The number of phenolic OH excluding ortho intramolecular Hbond substituents is 1. The maximum absolute atomic E-state index is 14.5. The van der Waals surface area contributed by atoms with E-state index in [0.29, 0.717) is 28.9 Å². The largest absolute Gasteiger partial charge is 0.508 e. The number of halogens is 2. The molecule has 0 unspecified atom stereocenters. The number of esters is 1. The minimum atomic E-state index is -0.764. The van der Waals surface area contributed by atoms with Crippen molar-refractivity contribution in [3.63, 3.8) is 0 Å². The molecule has 7 heteroatoms. The Morgan fingerprint density at radius 3 is 2.48 bits per heavy atom. The zero-order chi connectivity index (χ0) is 22.3. The highest BCUT2D eigenvalue weighted by molar-refractivity contribution is 6.06. The Hall–Kier alpha value is -3.74. The smallest absolute Gasteiger partial charge is 0.337 e. The number of hydrogen-bond donors (Lipinski definition) is 1. The molecule has 1 heterocycles. The zero-order valence-electron chi connectivity index (χ0n) is 16.9. The van der Waals surface area contributed by atoms with Gasteiger partial charge in [-0.3, -0.25) is 9.69 Å². The normalized spacial score (nSPS) is 13.2. The molecular formula is C24H19F2NO4. The van der Waals surface area contributed by atoms with E-state index in [1.165, 1.54) is 30.2 Å². The molecule has 1 amide bonds. The number of phenols is 1. The van der Waals surface area contributed by atoms with Gasteiger partial charge in [-0.2, -0.15) is 0 Å². The minimum absolute atomic E-state index is 0.128. The van der Waals surface area contributed by atoms with Crippen molar-refractivity contribution < 1.29 is 28.2 Å². The predicted molar refractivity (Wildman–Crippen MR) is 111 cm³/mol. The molecule has 31 heavy (non-hydrogen) atoms. The SMILES string of the molecule is COC(=O)c1ccc(C)c(N2C(=O)CCc3c(-c4ccc(F)cc4F)cc(O)cc32)c1. The van der Waals surface area contributed by atoms with Crippen LogP contribution in [0.25, 0.3) is 11.1 Å². The van der Waals surface area contributed by atoms with Crippen LogP contribution in [0.4, 0.5) is 20.2 Å². The van der Waals surface area contributed by atoms with E-state index >= 15 is 0 Å². The Bertz CT molecular complexity index is 1220. The number of aryl methyl sites for hydroxylation is 1. The van der Waals surface area contributed by atoms with Crippen LogP contribution in [0.2, 0.25) is 0 Å². The van der Waals surface area contributed by atoms with Gasteiger partial charge in [0.15, 0.2) is 0 Å². The molecule has 0 fully saturated rings. The third-order valence-electron chi connectivity index (χ3n) is 5.38. The summed E-state index contributed by atoms with van der Waals surface area (Å²) in [4.78, 5) is 26.4. The first-order valence-corrected chi connectivity index (χ1v) is 9.63. The van der Waals surface area contributed by atoms with E-state index in [1.54, 1.807) is 25.1 Å². The Labute approximate surface area is 177 Å². The number of methoxy groups -OCH3 is 1. The van der Waals surface area contributed by atoms with Crippen molar-refractivity contribution in [2.24, 2.45) is 0 Å². The molecule has 1 aliphatic rings. The van der Waals surface area contributed by atoms with Gasteiger partial charge in [-0.25, -0.2) is 13.6 Å². The topological polar surface area (TPSA) is 66.8 Å². The molecule has 0 bridgehead atoms. The molecule has 0 aliphatic carbocycles. The van der Waals surface area contributed by atoms with Crippen LogP contribution in [0.3, 0.4) is 0 Å². The van der Waals surface area contributed by atoms with Gasteiger partial charge in [0.1, 0.15) is 17.4 Å². The summed E-state index contributed by atoms with van der Waals surface area (Å²) < 4.78 is 32.7. The van der Waals surface area contributed by atoms with Crippen LogP contribution in [0.15, 0.2) is 48.5 Å². The van der Waals surface area contributed by atoms with Crippen molar-refractivity contribution in [1.82, 2.24) is 0 Å². The van der Waals surface area contributed by atoms with Crippen molar-refractivity contribution in [1.29, 1.82) is 0 Å². The van der Waals surface area contributed by atoms with E-state index in [1.807, 2.05) is 0 Å². The van der Waals surface area contributed by atoms with E-state index in [0.717, 1.165) is 17.7 Å². The van der Waals surface area contributed by atoms with E-state index in [-0.39, 0.29) is 29.2 Å². The lowest BCUT2D eigenvalue weighted by Crippen LogP contribution is -2.31. The number of aromatic hydroxyl groups is 1. The van der Waals surface area contributed by atoms with Gasteiger partial charge in [-0.15, -0.1) is 0 Å². The van der Waals surface area contributed by atoms with Crippen LogP contribution in [0, 0.1) is 18.6 Å². The van der Waals surface area contributed by atoms with Crippen molar-refractivity contribution >= 4 is 23.3 Å². The standard InChI is InChI=1S/C24H19F2NO4/c1-13-3-4-14(24(30)31-2)9-21(13)27-22-12-16(28)11-19(18(22)7-8-23(27)29)17-6-5-15(25)10-20(17)26/h3-6,9-12,28H,7-8H2,1-2H3. The van der Waals surface area contributed by atoms with Crippen molar-refractivity contribution in [3.8, 4) is 16.9 Å². The number of amides is 1. The summed E-state index contributed by atoms with van der Waals surface area (Å²) in [5.74, 6) is -2.41. The number of hydrogen-bond acceptors (Lipinski definition) is 4. The minimum Gasteiger partial charge on any atom is -0.508 e. The summed E-state index contributed by atoms with van der Waals surface area (Å²) in [5, 5.41) is 10.4. The average Bonchev–Trinajstić information content (AvgIpc) is 2.73. The summed E-state index contributed by atoms with van der Waals surface area (Å²) in [7, 11) is 1.27. The molecule has 3 aromatic carbocycles. The highest BCUT2D eigenvalue weighted by Crippen LogP contribution is 2.43. The molecule has 0 spiro atoms. The van der Waals surface area contributed by atoms with Crippen LogP contribution in [0.5, 0.6) is 5.75 Å². The van der Waals surface area contributed by atoms with E-state index in [4.69, 9.17) is 4.74 Å². The Kier molecular flexibility index (Phi) is 5.19. The van der Waals surface area contributed by atoms with E-state index in [9.17, 15) is 23.5 Å². The molecule has 158 valence electrons. The number of nitrogens with zero attached hydrogens (tertiary/aromatic N) is 1. The van der Waals surface area contributed by atoms with Gasteiger partial charge >= 0.3 is 5.97 Å². The van der Waals surface area contributed by atoms with Gasteiger partial charge in [0.25, 0.3) is 0 Å². The summed E-state index contributed by atoms with van der Waals surface area (Å²) in [6.07, 6.45) is 0.475. The Morgan fingerprint density at radius 1 is 1.00 bits per heavy atom. The third kappa shape index (κ3) is 3.63. The Balaban J connectivity index is 1.94. The van der Waals surface area contributed by atoms with E-state index < -0.39 is 17.6 Å². The predicted octanol–water partition coefficient (Wildman–Crippen LogP) is 5.04. The molecule has 1 N–H and O–H groups in total. The molecule has 5 nitrogen and oxygen atoms in total. The first-order chi connectivity index (χ1) is 14.8. The molecule has 3 aromatic rings. The van der Waals surface area contributed by atoms with Gasteiger partial charge in [-0.1, -0.05) is 6.07 Å². The number of ether oxygens (including phenoxy) is 1. The number of anilines is 2. The Morgan fingerprint density at radius 2 is 1.77 bits per heavy atom. The molecule has 0 aromatic heterocycles. The summed E-state index contributed by atoms with van der Waals surface area (Å²) in [6.45, 7) is 1.79. The third-order valence-corrected chi connectivity index (χ3v) is 5.38. The van der Waals surface area contributed by atoms with Gasteiger partial charge in [0.2, 0.25) is 5.91 Å². The lowest BCUT2D eigenvalue weighted by molar-refractivity contribution is -0.118. The number of benzene rings is 3. The molecular weight excluding hydrogens is 404 g/mol. The fourth-order valence-electron chi connectivity index (χ4n) is 3.89. The van der Waals surface area contributed by atoms with Crippen LogP contribution in [-0.4, -0.2) is 24.1 Å². The quantitative estimate of drug-likeness (QED) is 0.599. The number of carbonyl (C=O) groups excluding carboxylic acids is 2. The van der Waals surface area contributed by atoms with Gasteiger partial charge in [-0.05, 0) is 60.4 Å². The number of fused-ring (bicyclic) bond motifs is 1. The summed E-state index contributed by atoms with van der Waals surface area (Å²) in [5.41, 5.74) is 3.00. The second kappa shape index (κ2) is 7.83. The summed E-state index contributed by atoms with van der Waals surface area (Å²) in [6, 6.07) is 10.9. The van der Waals surface area contributed by atoms with Gasteiger partial charge in [0.05, 0.1) is 24.0 Å². The zero-order valence-corrected chi connectivity index (χ0v) is 16.9. The molecule has 0 atom stereocenters. The van der Waals surface area contributed by atoms with Crippen molar-refractivity contribution in [2.45, 2.75) is 19.8 Å². The fourth-order valence-corrected chi connectivity index (χ4v) is 3.89. The molecule has 1 aliphatic heterocycles. The lowest BCUT2D eigenvalue weighted by Gasteiger charge is -2.32. The maximum Gasteiger partial charge on any atom is 0.337 e. The highest BCUT2D eigenvalue weighted by Gasteiger charge is 2.30. The van der Waals surface area contributed by atoms with Crippen molar-refractivity contribution in [2.75, 3.05) is 12.0 Å². The van der Waals surface area contributed by atoms with E-state index in [2.05, 4.69) is 0 Å². The van der Waals surface area contributed by atoms with Crippen LogP contribution >= 0.6 is 0 Å². The summed E-state index contributed by atoms with van der Waals surface area (Å²) >= 11 is 0. The molecule has 0 saturated carbocycles. The molecule has 0 saturated heterocycles. The lowest BCUT2D eigenvalue weighted by atomic mass is 9.90.